The van der Waals surface area contributed by atoms with Crippen LogP contribution in [0.1, 0.15) is 53.9 Å². The average Bonchev–Trinajstić information content (AvgIpc) is 2.63. The standard InChI is InChI=1S/C16H26O3/c1-6-12(7-2)14(18)19-11-13(17)16(5)10-8-9-15(16,3)4/h8-9,12H,6-7,10-11H2,1-5H3/t16-/m1/s1. The Morgan fingerprint density at radius 3 is 2.21 bits per heavy atom. The van der Waals surface area contributed by atoms with E-state index in [0.29, 0.717) is 0 Å². The van der Waals surface area contributed by atoms with Crippen LogP contribution in [0.4, 0.5) is 0 Å². The molecular formula is C16H26O3. The lowest BCUT2D eigenvalue weighted by atomic mass is 9.66. The minimum Gasteiger partial charge on any atom is -0.457 e. The molecule has 0 amide bonds. The fourth-order valence-corrected chi connectivity index (χ4v) is 2.55. The highest BCUT2D eigenvalue weighted by Gasteiger charge is 2.47. The SMILES string of the molecule is CCC(CC)C(=O)OCC(=O)[C@@]1(C)CC=CC1(C)C. The Hall–Kier alpha value is -1.12. The molecule has 1 rings (SSSR count). The van der Waals surface area contributed by atoms with E-state index >= 15 is 0 Å². The Morgan fingerprint density at radius 2 is 1.79 bits per heavy atom. The van der Waals surface area contributed by atoms with E-state index in [-0.39, 0.29) is 29.7 Å². The zero-order valence-corrected chi connectivity index (χ0v) is 12.8. The molecule has 0 spiro atoms. The van der Waals surface area contributed by atoms with Crippen molar-refractivity contribution in [3.05, 3.63) is 12.2 Å². The molecule has 0 fully saturated rings. The first-order valence-electron chi connectivity index (χ1n) is 7.16. The fourth-order valence-electron chi connectivity index (χ4n) is 2.55. The molecule has 3 nitrogen and oxygen atoms in total. The molecule has 3 heteroatoms. The summed E-state index contributed by atoms with van der Waals surface area (Å²) in [6, 6.07) is 0. The smallest absolute Gasteiger partial charge is 0.309 e. The van der Waals surface area contributed by atoms with Crippen LogP contribution in [0.5, 0.6) is 0 Å². The quantitative estimate of drug-likeness (QED) is 0.545. The third-order valence-electron chi connectivity index (χ3n) is 4.76. The van der Waals surface area contributed by atoms with Crippen LogP contribution in [0.25, 0.3) is 0 Å². The van der Waals surface area contributed by atoms with E-state index in [1.807, 2.05) is 26.8 Å². The molecule has 1 aliphatic carbocycles. The van der Waals surface area contributed by atoms with E-state index in [4.69, 9.17) is 4.74 Å². The molecular weight excluding hydrogens is 240 g/mol. The van der Waals surface area contributed by atoms with Gasteiger partial charge in [-0.05, 0) is 24.7 Å². The van der Waals surface area contributed by atoms with Crippen LogP contribution >= 0.6 is 0 Å². The number of hydrogen-bond donors (Lipinski definition) is 0. The lowest BCUT2D eigenvalue weighted by molar-refractivity contribution is -0.155. The fraction of sp³-hybridized carbons (Fsp3) is 0.750. The van der Waals surface area contributed by atoms with Gasteiger partial charge in [0.15, 0.2) is 12.4 Å². The molecule has 0 bridgehead atoms. The van der Waals surface area contributed by atoms with Crippen molar-refractivity contribution in [2.75, 3.05) is 6.61 Å². The van der Waals surface area contributed by atoms with Gasteiger partial charge in [-0.1, -0.05) is 46.8 Å². The van der Waals surface area contributed by atoms with Crippen LogP contribution in [0.15, 0.2) is 12.2 Å². The predicted molar refractivity (Wildman–Crippen MR) is 75.7 cm³/mol. The molecule has 108 valence electrons. The van der Waals surface area contributed by atoms with Crippen molar-refractivity contribution in [1.82, 2.24) is 0 Å². The van der Waals surface area contributed by atoms with E-state index in [0.717, 1.165) is 19.3 Å². The highest BCUT2D eigenvalue weighted by molar-refractivity contribution is 5.89. The third-order valence-corrected chi connectivity index (χ3v) is 4.76. The first-order chi connectivity index (χ1) is 8.78. The van der Waals surface area contributed by atoms with Gasteiger partial charge in [-0.25, -0.2) is 0 Å². The van der Waals surface area contributed by atoms with Gasteiger partial charge in [-0.15, -0.1) is 0 Å². The van der Waals surface area contributed by atoms with Crippen molar-refractivity contribution >= 4 is 11.8 Å². The Labute approximate surface area is 116 Å². The van der Waals surface area contributed by atoms with E-state index in [1.165, 1.54) is 0 Å². The van der Waals surface area contributed by atoms with Crippen LogP contribution in [-0.2, 0) is 14.3 Å². The van der Waals surface area contributed by atoms with Gasteiger partial charge < -0.3 is 4.74 Å². The second-order valence-electron chi connectivity index (χ2n) is 6.20. The maximum absolute atomic E-state index is 12.4. The number of rotatable bonds is 6. The summed E-state index contributed by atoms with van der Waals surface area (Å²) in [5.74, 6) is -0.317. The minimum absolute atomic E-state index is 0.0156. The molecule has 0 saturated carbocycles. The number of ketones is 1. The van der Waals surface area contributed by atoms with Gasteiger partial charge in [-0.3, -0.25) is 9.59 Å². The molecule has 0 aromatic carbocycles. The van der Waals surface area contributed by atoms with E-state index < -0.39 is 5.41 Å². The Morgan fingerprint density at radius 1 is 1.21 bits per heavy atom. The normalized spacial score (nSPS) is 24.7. The van der Waals surface area contributed by atoms with E-state index in [9.17, 15) is 9.59 Å². The van der Waals surface area contributed by atoms with Crippen LogP contribution in [0.2, 0.25) is 0 Å². The number of ether oxygens (including phenoxy) is 1. The summed E-state index contributed by atoms with van der Waals surface area (Å²) >= 11 is 0. The largest absolute Gasteiger partial charge is 0.457 e. The molecule has 1 aliphatic rings. The summed E-state index contributed by atoms with van der Waals surface area (Å²) in [6.45, 7) is 9.89. The molecule has 0 radical (unpaired) electrons. The lowest BCUT2D eigenvalue weighted by Crippen LogP contribution is -2.40. The second-order valence-corrected chi connectivity index (χ2v) is 6.20. The monoisotopic (exact) mass is 266 g/mol. The maximum atomic E-state index is 12.4. The molecule has 0 unspecified atom stereocenters. The Bertz CT molecular complexity index is 377. The van der Waals surface area contributed by atoms with Crippen molar-refractivity contribution in [2.45, 2.75) is 53.9 Å². The molecule has 0 aromatic heterocycles. The zero-order chi connectivity index (χ0) is 14.7. The van der Waals surface area contributed by atoms with Crippen LogP contribution in [0.3, 0.4) is 0 Å². The lowest BCUT2D eigenvalue weighted by Gasteiger charge is -2.36. The number of allylic oxidation sites excluding steroid dienone is 2. The highest BCUT2D eigenvalue weighted by Crippen LogP contribution is 2.48. The predicted octanol–water partition coefficient (Wildman–Crippen LogP) is 3.53. The maximum Gasteiger partial charge on any atom is 0.309 e. The molecule has 1 atom stereocenters. The Kier molecular flexibility index (Phi) is 4.94. The van der Waals surface area contributed by atoms with E-state index in [2.05, 4.69) is 19.9 Å². The summed E-state index contributed by atoms with van der Waals surface area (Å²) in [6.07, 6.45) is 6.36. The number of carbonyl (C=O) groups excluding carboxylic acids is 2. The molecule has 0 aliphatic heterocycles. The molecule has 0 N–H and O–H groups in total. The van der Waals surface area contributed by atoms with Crippen molar-refractivity contribution < 1.29 is 14.3 Å². The molecule has 0 aromatic rings. The number of esters is 1. The van der Waals surface area contributed by atoms with E-state index in [1.54, 1.807) is 0 Å². The van der Waals surface area contributed by atoms with Crippen molar-refractivity contribution in [3.8, 4) is 0 Å². The molecule has 0 saturated heterocycles. The summed E-state index contributed by atoms with van der Waals surface area (Å²) in [7, 11) is 0. The van der Waals surface area contributed by atoms with Gasteiger partial charge in [0.1, 0.15) is 0 Å². The van der Waals surface area contributed by atoms with Gasteiger partial charge >= 0.3 is 5.97 Å². The topological polar surface area (TPSA) is 43.4 Å². The summed E-state index contributed by atoms with van der Waals surface area (Å²) in [5.41, 5.74) is -0.632. The average molecular weight is 266 g/mol. The van der Waals surface area contributed by atoms with Crippen molar-refractivity contribution in [3.63, 3.8) is 0 Å². The number of carbonyl (C=O) groups is 2. The summed E-state index contributed by atoms with van der Waals surface area (Å²) in [5, 5.41) is 0. The van der Waals surface area contributed by atoms with Crippen LogP contribution in [-0.4, -0.2) is 18.4 Å². The molecule has 0 heterocycles. The third kappa shape index (κ3) is 3.07. The van der Waals surface area contributed by atoms with Gasteiger partial charge in [0, 0.05) is 5.41 Å². The van der Waals surface area contributed by atoms with Crippen LogP contribution < -0.4 is 0 Å². The second kappa shape index (κ2) is 5.89. The van der Waals surface area contributed by atoms with Crippen molar-refractivity contribution in [2.24, 2.45) is 16.7 Å². The molecule has 19 heavy (non-hydrogen) atoms. The zero-order valence-electron chi connectivity index (χ0n) is 12.8. The minimum atomic E-state index is -0.457. The summed E-state index contributed by atoms with van der Waals surface area (Å²) in [4.78, 5) is 24.2. The van der Waals surface area contributed by atoms with Gasteiger partial charge in [0.05, 0.1) is 5.92 Å². The number of hydrogen-bond acceptors (Lipinski definition) is 3. The Balaban J connectivity index is 2.60. The van der Waals surface area contributed by atoms with Gasteiger partial charge in [-0.2, -0.15) is 0 Å². The summed E-state index contributed by atoms with van der Waals surface area (Å²) < 4.78 is 5.20. The van der Waals surface area contributed by atoms with Gasteiger partial charge in [0.25, 0.3) is 0 Å². The number of Topliss-reactive ketones (excluding diaryl/α,β-unsaturated/α-hetero) is 1. The first-order valence-corrected chi connectivity index (χ1v) is 7.16. The van der Waals surface area contributed by atoms with Gasteiger partial charge in [0.2, 0.25) is 0 Å². The van der Waals surface area contributed by atoms with Crippen LogP contribution in [0, 0.1) is 16.7 Å². The first kappa shape index (κ1) is 15.9. The van der Waals surface area contributed by atoms with Crippen molar-refractivity contribution in [1.29, 1.82) is 0 Å². The highest BCUT2D eigenvalue weighted by atomic mass is 16.5.